The van der Waals surface area contributed by atoms with Crippen LogP contribution in [0.5, 0.6) is 0 Å². The van der Waals surface area contributed by atoms with Crippen molar-refractivity contribution in [1.82, 2.24) is 9.97 Å². The van der Waals surface area contributed by atoms with Gasteiger partial charge in [0.15, 0.2) is 0 Å². The number of rotatable bonds is 2. The molecular formula is C15H24N4. The summed E-state index contributed by atoms with van der Waals surface area (Å²) in [6.07, 6.45) is 1.75. The number of aromatic nitrogens is 2. The first-order valence-corrected chi connectivity index (χ1v) is 6.82. The predicted octanol–water partition coefficient (Wildman–Crippen LogP) is 2.52. The quantitative estimate of drug-likeness (QED) is 0.887. The van der Waals surface area contributed by atoms with Crippen molar-refractivity contribution in [2.24, 2.45) is 23.0 Å². The minimum atomic E-state index is 0.309. The van der Waals surface area contributed by atoms with Crippen LogP contribution in [0.2, 0.25) is 0 Å². The third-order valence-electron chi connectivity index (χ3n) is 3.98. The second kappa shape index (κ2) is 4.83. The maximum Gasteiger partial charge on any atom is 0.225 e. The van der Waals surface area contributed by atoms with E-state index in [9.17, 15) is 0 Å². The number of anilines is 1. The zero-order valence-electron chi connectivity index (χ0n) is 12.3. The van der Waals surface area contributed by atoms with Gasteiger partial charge in [0.2, 0.25) is 5.95 Å². The molecule has 0 amide bonds. The number of hydrogen-bond acceptors (Lipinski definition) is 4. The minimum Gasteiger partial charge on any atom is -0.397 e. The van der Waals surface area contributed by atoms with E-state index in [1.165, 1.54) is 0 Å². The molecule has 0 aromatic carbocycles. The first-order valence-electron chi connectivity index (χ1n) is 6.82. The molecule has 0 saturated carbocycles. The van der Waals surface area contributed by atoms with Gasteiger partial charge in [0, 0.05) is 19.3 Å². The smallest absolute Gasteiger partial charge is 0.225 e. The molecule has 2 unspecified atom stereocenters. The van der Waals surface area contributed by atoms with Gasteiger partial charge in [-0.2, -0.15) is 0 Å². The molecule has 2 N–H and O–H groups in total. The molecular weight excluding hydrogens is 236 g/mol. The normalized spacial score (nSPS) is 23.7. The summed E-state index contributed by atoms with van der Waals surface area (Å²) in [4.78, 5) is 11.1. The Labute approximate surface area is 115 Å². The molecule has 1 fully saturated rings. The molecule has 2 rings (SSSR count). The summed E-state index contributed by atoms with van der Waals surface area (Å²) in [6, 6.07) is 1.80. The van der Waals surface area contributed by atoms with Crippen LogP contribution in [0.4, 0.5) is 5.95 Å². The van der Waals surface area contributed by atoms with Gasteiger partial charge in [-0.1, -0.05) is 34.3 Å². The molecule has 4 heteroatoms. The molecule has 1 aliphatic rings. The molecule has 2 atom stereocenters. The van der Waals surface area contributed by atoms with Crippen LogP contribution in [-0.2, 0) is 0 Å². The van der Waals surface area contributed by atoms with E-state index in [1.54, 1.807) is 12.3 Å². The highest BCUT2D eigenvalue weighted by Crippen LogP contribution is 2.38. The summed E-state index contributed by atoms with van der Waals surface area (Å²) in [5.74, 6) is 2.07. The van der Waals surface area contributed by atoms with Crippen molar-refractivity contribution in [3.05, 3.63) is 24.5 Å². The summed E-state index contributed by atoms with van der Waals surface area (Å²) in [6.45, 7) is 15.0. The highest BCUT2D eigenvalue weighted by molar-refractivity contribution is 5.57. The van der Waals surface area contributed by atoms with Crippen LogP contribution >= 0.6 is 0 Å². The van der Waals surface area contributed by atoms with Crippen LogP contribution in [0.3, 0.4) is 0 Å². The summed E-state index contributed by atoms with van der Waals surface area (Å²) >= 11 is 0. The second-order valence-corrected chi connectivity index (χ2v) is 6.62. The van der Waals surface area contributed by atoms with Crippen molar-refractivity contribution in [3.8, 4) is 0 Å². The molecule has 0 radical (unpaired) electrons. The van der Waals surface area contributed by atoms with E-state index in [1.807, 2.05) is 0 Å². The van der Waals surface area contributed by atoms with Crippen LogP contribution in [0, 0.1) is 17.3 Å². The van der Waals surface area contributed by atoms with Crippen LogP contribution in [-0.4, -0.2) is 23.1 Å². The first-order chi connectivity index (χ1) is 8.79. The summed E-state index contributed by atoms with van der Waals surface area (Å²) in [5, 5.41) is 0. The number of nitrogens with two attached hydrogens (primary N) is 1. The first kappa shape index (κ1) is 13.8. The molecule has 0 aliphatic carbocycles. The highest BCUT2D eigenvalue weighted by Gasteiger charge is 2.38. The Morgan fingerprint density at radius 3 is 2.63 bits per heavy atom. The molecule has 1 aromatic rings. The van der Waals surface area contributed by atoms with Crippen LogP contribution in [0.15, 0.2) is 18.8 Å². The van der Waals surface area contributed by atoms with Crippen molar-refractivity contribution >= 4 is 11.6 Å². The fourth-order valence-corrected chi connectivity index (χ4v) is 2.94. The Balaban J connectivity index is 2.21. The van der Waals surface area contributed by atoms with E-state index in [0.29, 0.717) is 22.9 Å². The number of hydrogen-bond donors (Lipinski definition) is 1. The molecule has 19 heavy (non-hydrogen) atoms. The molecule has 0 bridgehead atoms. The lowest BCUT2D eigenvalue weighted by molar-refractivity contribution is 0.214. The van der Waals surface area contributed by atoms with Crippen molar-refractivity contribution in [3.63, 3.8) is 0 Å². The summed E-state index contributed by atoms with van der Waals surface area (Å²) in [5.41, 5.74) is 7.22. The van der Waals surface area contributed by atoms with Gasteiger partial charge in [-0.05, 0) is 23.3 Å². The Hall–Kier alpha value is -1.58. The molecule has 1 saturated heterocycles. The maximum atomic E-state index is 5.70. The van der Waals surface area contributed by atoms with E-state index in [2.05, 4.69) is 49.1 Å². The monoisotopic (exact) mass is 260 g/mol. The van der Waals surface area contributed by atoms with Crippen LogP contribution in [0.25, 0.3) is 5.70 Å². The summed E-state index contributed by atoms with van der Waals surface area (Å²) in [7, 11) is 0. The van der Waals surface area contributed by atoms with Crippen molar-refractivity contribution in [1.29, 1.82) is 0 Å². The van der Waals surface area contributed by atoms with Gasteiger partial charge in [0.25, 0.3) is 0 Å². The Bertz CT molecular complexity index is 475. The molecule has 1 aliphatic heterocycles. The second-order valence-electron chi connectivity index (χ2n) is 6.62. The minimum absolute atomic E-state index is 0.309. The predicted molar refractivity (Wildman–Crippen MR) is 79.6 cm³/mol. The maximum absolute atomic E-state index is 5.70. The van der Waals surface area contributed by atoms with Gasteiger partial charge in [-0.3, -0.25) is 0 Å². The number of nitrogens with zero attached hydrogens (tertiary/aromatic N) is 3. The zero-order chi connectivity index (χ0) is 14.2. The summed E-state index contributed by atoms with van der Waals surface area (Å²) < 4.78 is 0. The van der Waals surface area contributed by atoms with Gasteiger partial charge in [0.05, 0.1) is 11.4 Å². The fourth-order valence-electron chi connectivity index (χ4n) is 2.94. The molecule has 1 aromatic heterocycles. The average Bonchev–Trinajstić information content (AvgIpc) is 2.71. The van der Waals surface area contributed by atoms with Gasteiger partial charge in [-0.25, -0.2) is 9.97 Å². The molecule has 104 valence electrons. The van der Waals surface area contributed by atoms with Gasteiger partial charge >= 0.3 is 0 Å². The van der Waals surface area contributed by atoms with E-state index in [4.69, 9.17) is 5.73 Å². The zero-order valence-corrected chi connectivity index (χ0v) is 12.3. The standard InChI is InChI=1S/C15H24N4/c1-10-8-19(9-12(10)15(3,4)5)14-17-7-6-13(18-14)11(2)16/h6-7,10,12H,2,8-9,16H2,1,3-5H3. The van der Waals surface area contributed by atoms with E-state index in [-0.39, 0.29) is 0 Å². The lowest BCUT2D eigenvalue weighted by Crippen LogP contribution is -2.28. The van der Waals surface area contributed by atoms with Gasteiger partial charge in [-0.15, -0.1) is 0 Å². The molecule has 2 heterocycles. The van der Waals surface area contributed by atoms with Crippen LogP contribution in [0.1, 0.15) is 33.4 Å². The lowest BCUT2D eigenvalue weighted by Gasteiger charge is -2.29. The molecule has 4 nitrogen and oxygen atoms in total. The van der Waals surface area contributed by atoms with Crippen molar-refractivity contribution in [2.45, 2.75) is 27.7 Å². The van der Waals surface area contributed by atoms with E-state index >= 15 is 0 Å². The fraction of sp³-hybridized carbons (Fsp3) is 0.600. The SMILES string of the molecule is C=C(N)c1ccnc(N2CC(C)C(C(C)(C)C)C2)n1. The lowest BCUT2D eigenvalue weighted by atomic mass is 9.76. The molecule has 0 spiro atoms. The van der Waals surface area contributed by atoms with Gasteiger partial charge in [0.1, 0.15) is 0 Å². The van der Waals surface area contributed by atoms with Crippen LogP contribution < -0.4 is 10.6 Å². The third-order valence-corrected chi connectivity index (χ3v) is 3.98. The van der Waals surface area contributed by atoms with Crippen molar-refractivity contribution in [2.75, 3.05) is 18.0 Å². The Kier molecular flexibility index (Phi) is 3.52. The van der Waals surface area contributed by atoms with Gasteiger partial charge < -0.3 is 10.6 Å². The topological polar surface area (TPSA) is 55.0 Å². The largest absolute Gasteiger partial charge is 0.397 e. The highest BCUT2D eigenvalue weighted by atomic mass is 15.3. The third kappa shape index (κ3) is 2.88. The van der Waals surface area contributed by atoms with Crippen molar-refractivity contribution < 1.29 is 0 Å². The Morgan fingerprint density at radius 2 is 2.11 bits per heavy atom. The van der Waals surface area contributed by atoms with E-state index < -0.39 is 0 Å². The average molecular weight is 260 g/mol. The Morgan fingerprint density at radius 1 is 1.42 bits per heavy atom. The van der Waals surface area contributed by atoms with E-state index in [0.717, 1.165) is 24.7 Å².